The van der Waals surface area contributed by atoms with E-state index in [9.17, 15) is 31.4 Å². The summed E-state index contributed by atoms with van der Waals surface area (Å²) in [5.41, 5.74) is 5.71. The molecule has 1 aliphatic rings. The molecule has 2 aromatic heterocycles. The van der Waals surface area contributed by atoms with Gasteiger partial charge >= 0.3 is 6.08 Å². The molecule has 2 aromatic rings. The zero-order valence-corrected chi connectivity index (χ0v) is 19.8. The molecule has 1 aliphatic heterocycles. The van der Waals surface area contributed by atoms with Crippen molar-refractivity contribution in [3.8, 4) is 0 Å². The van der Waals surface area contributed by atoms with Crippen LogP contribution in [0.3, 0.4) is 0 Å². The van der Waals surface area contributed by atoms with Gasteiger partial charge in [-0.15, -0.1) is 0 Å². The van der Waals surface area contributed by atoms with Gasteiger partial charge in [0.15, 0.2) is 23.2 Å². The molecule has 0 unspecified atom stereocenters. The van der Waals surface area contributed by atoms with Crippen molar-refractivity contribution in [2.75, 3.05) is 38.1 Å². The fourth-order valence-corrected chi connectivity index (χ4v) is 3.67. The van der Waals surface area contributed by atoms with E-state index in [0.29, 0.717) is 12.8 Å². The largest absolute Gasteiger partial charge is 0.394 e. The van der Waals surface area contributed by atoms with E-state index in [0.717, 1.165) is 12.5 Å². The summed E-state index contributed by atoms with van der Waals surface area (Å²) in [4.78, 5) is 10.8. The third kappa shape index (κ3) is 8.01. The van der Waals surface area contributed by atoms with Crippen LogP contribution < -0.4 is 5.73 Å². The van der Waals surface area contributed by atoms with Gasteiger partial charge in [-0.1, -0.05) is 0 Å². The average molecular weight is 532 g/mol. The normalized spacial score (nSPS) is 23.1. The smallest absolute Gasteiger partial charge is 0.312 e. The Hall–Kier alpha value is -2.06. The van der Waals surface area contributed by atoms with Gasteiger partial charge in [0.25, 0.3) is 20.2 Å². The van der Waals surface area contributed by atoms with E-state index < -0.39 is 57.5 Å². The molecule has 0 saturated carbocycles. The first-order valence-corrected chi connectivity index (χ1v) is 13.3. The lowest BCUT2D eigenvalue weighted by Crippen LogP contribution is -2.33. The minimum atomic E-state index is -3.40. The topological polar surface area (TPSA) is 226 Å². The van der Waals surface area contributed by atoms with Crippen LogP contribution in [0.5, 0.6) is 0 Å². The first kappa shape index (κ1) is 28.2. The molecule has 1 saturated heterocycles. The highest BCUT2D eigenvalue weighted by Gasteiger charge is 2.44. The van der Waals surface area contributed by atoms with Gasteiger partial charge in [-0.05, 0) is 12.8 Å². The molecule has 4 atom stereocenters. The quantitative estimate of drug-likeness (QED) is 0.154. The summed E-state index contributed by atoms with van der Waals surface area (Å²) in [7, 11) is -6.80. The lowest BCUT2D eigenvalue weighted by atomic mass is 10.1. The Kier molecular flexibility index (Phi) is 9.60. The van der Waals surface area contributed by atoms with Crippen molar-refractivity contribution in [2.45, 2.75) is 37.4 Å². The van der Waals surface area contributed by atoms with E-state index in [1.54, 1.807) is 0 Å². The summed E-state index contributed by atoms with van der Waals surface area (Å²) in [6, 6.07) is 0. The Labute approximate surface area is 194 Å². The molecule has 0 aromatic carbocycles. The Balaban J connectivity index is 0.000000259. The zero-order valence-electron chi connectivity index (χ0n) is 18.2. The second-order valence-electron chi connectivity index (χ2n) is 7.19. The summed E-state index contributed by atoms with van der Waals surface area (Å²) in [5, 5.41) is 28.7. The number of anilines is 1. The molecule has 3 rings (SSSR count). The minimum Gasteiger partial charge on any atom is -0.394 e. The molecule has 18 heteroatoms. The Morgan fingerprint density at radius 2 is 1.65 bits per heavy atom. The number of hydrogen-bond donors (Lipinski definition) is 4. The fraction of sp³-hybridized carbons (Fsp3) is 0.688. The van der Waals surface area contributed by atoms with Gasteiger partial charge in [0, 0.05) is 0 Å². The van der Waals surface area contributed by atoms with Gasteiger partial charge in [-0.25, -0.2) is 4.98 Å². The number of imidazole rings is 1. The number of aliphatic hydroxyl groups excluding tert-OH is 3. The molecule has 34 heavy (non-hydrogen) atoms. The third-order valence-corrected chi connectivity index (χ3v) is 5.54. The van der Waals surface area contributed by atoms with E-state index in [2.05, 4.69) is 23.3 Å². The average Bonchev–Trinajstić information content (AvgIpc) is 3.25. The number of nitrogen functional groups attached to an aromatic ring is 1. The standard InChI is InChI=1S/C10H12FN5O4.C6H14O6S2/c11-10-14-7(12)4-8(15-10)16(2-13-4)9-6(19)5(18)3(1-17)20-9;1-13(7,8)11-5-3-4-6-12-14(2,9)10/h2-3,5-6,9,17-19H,1H2,(H2,12,14,15);3-6H2,1-2H3/t3-,5-,6+,9-;/m1./s1. The van der Waals surface area contributed by atoms with Gasteiger partial charge in [0.05, 0.1) is 38.7 Å². The van der Waals surface area contributed by atoms with E-state index in [1.165, 1.54) is 10.9 Å². The monoisotopic (exact) mass is 531 g/mol. The lowest BCUT2D eigenvalue weighted by molar-refractivity contribution is -0.0511. The Bertz CT molecular complexity index is 1140. The van der Waals surface area contributed by atoms with Gasteiger partial charge < -0.3 is 25.8 Å². The maximum Gasteiger partial charge on any atom is 0.312 e. The van der Waals surface area contributed by atoms with Crippen LogP contribution in [0.2, 0.25) is 0 Å². The van der Waals surface area contributed by atoms with Crippen LogP contribution in [0.25, 0.3) is 11.2 Å². The van der Waals surface area contributed by atoms with Gasteiger partial charge in [-0.3, -0.25) is 12.9 Å². The van der Waals surface area contributed by atoms with Gasteiger partial charge in [-0.2, -0.15) is 31.2 Å². The summed E-state index contributed by atoms with van der Waals surface area (Å²) in [6.07, 6.45) is -1.60. The SMILES string of the molecule is CS(=O)(=O)OCCCCOS(C)(=O)=O.Nc1nc(F)nc2c1ncn2[C@@H]1O[C@H](CO)[C@@H](O)[C@@H]1O. The van der Waals surface area contributed by atoms with Crippen LogP contribution in [0, 0.1) is 6.08 Å². The highest BCUT2D eigenvalue weighted by molar-refractivity contribution is 7.86. The minimum absolute atomic E-state index is 0.0323. The number of nitrogens with two attached hydrogens (primary N) is 1. The zero-order chi connectivity index (χ0) is 25.7. The molecular weight excluding hydrogens is 505 g/mol. The van der Waals surface area contributed by atoms with E-state index in [4.69, 9.17) is 15.6 Å². The van der Waals surface area contributed by atoms with E-state index >= 15 is 0 Å². The first-order chi connectivity index (χ1) is 15.7. The highest BCUT2D eigenvalue weighted by atomic mass is 32.2. The number of rotatable bonds is 9. The summed E-state index contributed by atoms with van der Waals surface area (Å²) in [5.74, 6) is -0.141. The van der Waals surface area contributed by atoms with Crippen molar-refractivity contribution in [1.29, 1.82) is 0 Å². The maximum atomic E-state index is 13.2. The predicted octanol–water partition coefficient (Wildman–Crippen LogP) is -2.12. The molecule has 0 spiro atoms. The third-order valence-electron chi connectivity index (χ3n) is 4.35. The number of halogens is 1. The molecule has 15 nitrogen and oxygen atoms in total. The summed E-state index contributed by atoms with van der Waals surface area (Å²) < 4.78 is 70.5. The maximum absolute atomic E-state index is 13.2. The van der Waals surface area contributed by atoms with Crippen LogP contribution in [0.4, 0.5) is 10.2 Å². The van der Waals surface area contributed by atoms with Crippen LogP contribution >= 0.6 is 0 Å². The van der Waals surface area contributed by atoms with Crippen LogP contribution in [-0.2, 0) is 33.3 Å². The van der Waals surface area contributed by atoms with Crippen LogP contribution in [-0.4, -0.2) is 102 Å². The number of fused-ring (bicyclic) bond motifs is 1. The molecule has 1 fully saturated rings. The molecule has 5 N–H and O–H groups in total. The molecule has 0 radical (unpaired) electrons. The molecule has 0 aliphatic carbocycles. The molecule has 0 amide bonds. The first-order valence-electron chi connectivity index (χ1n) is 9.70. The second-order valence-corrected chi connectivity index (χ2v) is 10.5. The van der Waals surface area contributed by atoms with Gasteiger partial charge in [0.2, 0.25) is 0 Å². The number of ether oxygens (including phenoxy) is 1. The Morgan fingerprint density at radius 3 is 2.12 bits per heavy atom. The molecule has 194 valence electrons. The van der Waals surface area contributed by atoms with Crippen molar-refractivity contribution in [2.24, 2.45) is 0 Å². The van der Waals surface area contributed by atoms with Crippen molar-refractivity contribution in [3.63, 3.8) is 0 Å². The number of aliphatic hydroxyl groups is 3. The number of unbranched alkanes of at least 4 members (excludes halogenated alkanes) is 1. The lowest BCUT2D eigenvalue weighted by Gasteiger charge is -2.16. The number of nitrogens with zero attached hydrogens (tertiary/aromatic N) is 4. The Morgan fingerprint density at radius 1 is 1.09 bits per heavy atom. The van der Waals surface area contributed by atoms with Crippen molar-refractivity contribution < 1.29 is 49.6 Å². The number of hydrogen-bond acceptors (Lipinski definition) is 14. The predicted molar refractivity (Wildman–Crippen MR) is 114 cm³/mol. The van der Waals surface area contributed by atoms with E-state index in [1.807, 2.05) is 0 Å². The van der Waals surface area contributed by atoms with Crippen molar-refractivity contribution in [1.82, 2.24) is 19.5 Å². The second kappa shape index (κ2) is 11.6. The van der Waals surface area contributed by atoms with Crippen LogP contribution in [0.1, 0.15) is 19.1 Å². The summed E-state index contributed by atoms with van der Waals surface area (Å²) in [6.45, 7) is -0.370. The molecule has 0 bridgehead atoms. The molecule has 3 heterocycles. The van der Waals surface area contributed by atoms with E-state index in [-0.39, 0.29) is 30.2 Å². The number of aromatic nitrogens is 4. The fourth-order valence-electron chi connectivity index (χ4n) is 2.83. The summed E-state index contributed by atoms with van der Waals surface area (Å²) >= 11 is 0. The van der Waals surface area contributed by atoms with Crippen molar-refractivity contribution in [3.05, 3.63) is 12.4 Å². The highest BCUT2D eigenvalue weighted by Crippen LogP contribution is 2.31. The van der Waals surface area contributed by atoms with Crippen LogP contribution in [0.15, 0.2) is 6.33 Å². The molecular formula is C16H26FN5O10S2. The van der Waals surface area contributed by atoms with Crippen molar-refractivity contribution >= 4 is 37.2 Å². The van der Waals surface area contributed by atoms with Gasteiger partial charge in [0.1, 0.15) is 18.3 Å².